The van der Waals surface area contributed by atoms with Gasteiger partial charge in [0, 0.05) is 17.4 Å². The van der Waals surface area contributed by atoms with Crippen LogP contribution >= 0.6 is 27.3 Å². The summed E-state index contributed by atoms with van der Waals surface area (Å²) in [6, 6.07) is 0.272. The molecule has 2 rings (SSSR count). The number of aromatic nitrogens is 1. The zero-order valence-corrected chi connectivity index (χ0v) is 10.9. The third-order valence-electron chi connectivity index (χ3n) is 2.80. The van der Waals surface area contributed by atoms with E-state index in [4.69, 9.17) is 0 Å². The fraction of sp³-hybridized carbons (Fsp3) is 0.600. The minimum atomic E-state index is 0.120. The number of carbonyl (C=O) groups excluding carboxylic acids is 1. The van der Waals surface area contributed by atoms with E-state index in [1.807, 2.05) is 4.90 Å². The molecule has 0 aliphatic carbocycles. The molecule has 0 spiro atoms. The molecule has 82 valence electrons. The lowest BCUT2D eigenvalue weighted by Crippen LogP contribution is -2.47. The normalized spacial score (nSPS) is 26.7. The SMILES string of the molecule is CC1C(Br)CCCN1C(=O)c1cncs1. The van der Waals surface area contributed by atoms with Gasteiger partial charge < -0.3 is 4.90 Å². The van der Waals surface area contributed by atoms with E-state index in [0.717, 1.165) is 24.3 Å². The number of nitrogens with zero attached hydrogens (tertiary/aromatic N) is 2. The average molecular weight is 289 g/mol. The molecule has 0 saturated carbocycles. The monoisotopic (exact) mass is 288 g/mol. The molecule has 2 unspecified atom stereocenters. The molecule has 1 aromatic heterocycles. The van der Waals surface area contributed by atoms with Crippen molar-refractivity contribution in [2.75, 3.05) is 6.54 Å². The molecule has 1 aliphatic heterocycles. The second-order valence-corrected chi connectivity index (χ2v) is 5.83. The van der Waals surface area contributed by atoms with Crippen LogP contribution in [0.5, 0.6) is 0 Å². The molecule has 0 radical (unpaired) electrons. The second kappa shape index (κ2) is 4.61. The van der Waals surface area contributed by atoms with Crippen LogP contribution in [0.3, 0.4) is 0 Å². The van der Waals surface area contributed by atoms with Crippen molar-refractivity contribution in [2.24, 2.45) is 0 Å². The number of carbonyl (C=O) groups is 1. The molecule has 0 aromatic carbocycles. The summed E-state index contributed by atoms with van der Waals surface area (Å²) in [4.78, 5) is 19.1. The van der Waals surface area contributed by atoms with Crippen molar-refractivity contribution in [3.63, 3.8) is 0 Å². The Morgan fingerprint density at radius 2 is 2.53 bits per heavy atom. The summed E-state index contributed by atoms with van der Waals surface area (Å²) in [6.07, 6.45) is 3.87. The van der Waals surface area contributed by atoms with Gasteiger partial charge in [0.05, 0.1) is 11.7 Å². The maximum atomic E-state index is 12.1. The lowest BCUT2D eigenvalue weighted by molar-refractivity contribution is 0.0651. The van der Waals surface area contributed by atoms with Crippen LogP contribution in [0.4, 0.5) is 0 Å². The zero-order chi connectivity index (χ0) is 10.8. The van der Waals surface area contributed by atoms with Crippen LogP contribution < -0.4 is 0 Å². The summed E-state index contributed by atoms with van der Waals surface area (Å²) in [5, 5.41) is 0. The first-order chi connectivity index (χ1) is 7.20. The van der Waals surface area contributed by atoms with E-state index in [1.54, 1.807) is 11.7 Å². The third kappa shape index (κ3) is 2.23. The van der Waals surface area contributed by atoms with Crippen molar-refractivity contribution in [1.82, 2.24) is 9.88 Å². The van der Waals surface area contributed by atoms with Crippen LogP contribution in [-0.4, -0.2) is 33.2 Å². The summed E-state index contributed by atoms with van der Waals surface area (Å²) in [5.41, 5.74) is 1.70. The number of amides is 1. The Hall–Kier alpha value is -0.420. The van der Waals surface area contributed by atoms with Gasteiger partial charge in [-0.25, -0.2) is 0 Å². The number of rotatable bonds is 1. The van der Waals surface area contributed by atoms with Crippen molar-refractivity contribution in [3.05, 3.63) is 16.6 Å². The van der Waals surface area contributed by atoms with E-state index in [-0.39, 0.29) is 11.9 Å². The summed E-state index contributed by atoms with van der Waals surface area (Å²) in [6.45, 7) is 2.96. The Bertz CT molecular complexity index is 341. The van der Waals surface area contributed by atoms with Crippen molar-refractivity contribution in [1.29, 1.82) is 0 Å². The van der Waals surface area contributed by atoms with Gasteiger partial charge in [0.1, 0.15) is 4.88 Å². The molecule has 1 amide bonds. The van der Waals surface area contributed by atoms with Crippen LogP contribution in [0.1, 0.15) is 29.4 Å². The highest BCUT2D eigenvalue weighted by molar-refractivity contribution is 9.09. The Labute approximate surface area is 102 Å². The molecule has 0 bridgehead atoms. The molecule has 1 aliphatic rings. The lowest BCUT2D eigenvalue weighted by Gasteiger charge is -2.36. The zero-order valence-electron chi connectivity index (χ0n) is 8.52. The maximum Gasteiger partial charge on any atom is 0.265 e. The number of alkyl halides is 1. The van der Waals surface area contributed by atoms with Crippen molar-refractivity contribution >= 4 is 33.2 Å². The van der Waals surface area contributed by atoms with Gasteiger partial charge in [-0.3, -0.25) is 9.78 Å². The highest BCUT2D eigenvalue weighted by Gasteiger charge is 2.30. The maximum absolute atomic E-state index is 12.1. The molecular weight excluding hydrogens is 276 g/mol. The van der Waals surface area contributed by atoms with E-state index >= 15 is 0 Å². The number of hydrogen-bond donors (Lipinski definition) is 0. The standard InChI is InChI=1S/C10H13BrN2OS/c1-7-8(11)3-2-4-13(7)10(14)9-5-12-6-15-9/h5-8H,2-4H2,1H3. The van der Waals surface area contributed by atoms with E-state index < -0.39 is 0 Å². The van der Waals surface area contributed by atoms with Gasteiger partial charge in [0.2, 0.25) is 0 Å². The summed E-state index contributed by atoms with van der Waals surface area (Å²) in [5.74, 6) is 0.120. The molecule has 1 saturated heterocycles. The van der Waals surface area contributed by atoms with Gasteiger partial charge in [-0.2, -0.15) is 0 Å². The molecular formula is C10H13BrN2OS. The van der Waals surface area contributed by atoms with Crippen molar-refractivity contribution in [2.45, 2.75) is 30.6 Å². The van der Waals surface area contributed by atoms with Gasteiger partial charge in [0.25, 0.3) is 5.91 Å². The molecule has 3 nitrogen and oxygen atoms in total. The van der Waals surface area contributed by atoms with Gasteiger partial charge in [0.15, 0.2) is 0 Å². The smallest absolute Gasteiger partial charge is 0.265 e. The molecule has 2 atom stereocenters. The Morgan fingerprint density at radius 3 is 3.20 bits per heavy atom. The van der Waals surface area contributed by atoms with Crippen LogP contribution in [0.25, 0.3) is 0 Å². The van der Waals surface area contributed by atoms with Gasteiger partial charge in [-0.15, -0.1) is 11.3 Å². The summed E-state index contributed by atoms with van der Waals surface area (Å²) in [7, 11) is 0. The Kier molecular flexibility index (Phi) is 3.41. The Balaban J connectivity index is 2.13. The Morgan fingerprint density at radius 1 is 1.73 bits per heavy atom. The van der Waals surface area contributed by atoms with E-state index in [9.17, 15) is 4.79 Å². The van der Waals surface area contributed by atoms with Crippen LogP contribution in [0.15, 0.2) is 11.7 Å². The highest BCUT2D eigenvalue weighted by atomic mass is 79.9. The van der Waals surface area contributed by atoms with E-state index in [1.165, 1.54) is 11.3 Å². The quantitative estimate of drug-likeness (QED) is 0.744. The summed E-state index contributed by atoms with van der Waals surface area (Å²) >= 11 is 5.03. The van der Waals surface area contributed by atoms with E-state index in [0.29, 0.717) is 4.83 Å². The van der Waals surface area contributed by atoms with Crippen LogP contribution in [-0.2, 0) is 0 Å². The molecule has 15 heavy (non-hydrogen) atoms. The first-order valence-electron chi connectivity index (χ1n) is 5.03. The van der Waals surface area contributed by atoms with Gasteiger partial charge in [-0.1, -0.05) is 15.9 Å². The summed E-state index contributed by atoms with van der Waals surface area (Å²) < 4.78 is 0. The van der Waals surface area contributed by atoms with Crippen LogP contribution in [0, 0.1) is 0 Å². The van der Waals surface area contributed by atoms with E-state index in [2.05, 4.69) is 27.8 Å². The predicted octanol–water partition coefficient (Wildman–Crippen LogP) is 2.53. The minimum Gasteiger partial charge on any atom is -0.334 e. The molecule has 5 heteroatoms. The predicted molar refractivity (Wildman–Crippen MR) is 64.6 cm³/mol. The second-order valence-electron chi connectivity index (χ2n) is 3.76. The van der Waals surface area contributed by atoms with Crippen LogP contribution in [0.2, 0.25) is 0 Å². The molecule has 1 fully saturated rings. The van der Waals surface area contributed by atoms with Gasteiger partial charge >= 0.3 is 0 Å². The van der Waals surface area contributed by atoms with Crippen molar-refractivity contribution in [3.8, 4) is 0 Å². The topological polar surface area (TPSA) is 33.2 Å². The molecule has 0 N–H and O–H groups in total. The highest BCUT2D eigenvalue weighted by Crippen LogP contribution is 2.25. The minimum absolute atomic E-state index is 0.120. The number of hydrogen-bond acceptors (Lipinski definition) is 3. The lowest BCUT2D eigenvalue weighted by atomic mass is 10.0. The molecule has 2 heterocycles. The fourth-order valence-corrected chi connectivity index (χ4v) is 3.03. The third-order valence-corrected chi connectivity index (χ3v) is 4.78. The number of piperidine rings is 1. The average Bonchev–Trinajstić information content (AvgIpc) is 2.74. The first kappa shape index (κ1) is 11.1. The fourth-order valence-electron chi connectivity index (χ4n) is 1.85. The first-order valence-corrected chi connectivity index (χ1v) is 6.83. The number of halogens is 1. The van der Waals surface area contributed by atoms with Gasteiger partial charge in [-0.05, 0) is 19.8 Å². The number of likely N-dealkylation sites (tertiary alicyclic amines) is 1. The number of thiazole rings is 1. The largest absolute Gasteiger partial charge is 0.334 e. The molecule has 1 aromatic rings. The van der Waals surface area contributed by atoms with Crippen molar-refractivity contribution < 1.29 is 4.79 Å².